The number of primary amides is 1. The van der Waals surface area contributed by atoms with Crippen molar-refractivity contribution in [1.29, 1.82) is 0 Å². The Morgan fingerprint density at radius 2 is 1.61 bits per heavy atom. The molecule has 4 amide bonds. The number of rotatable bonds is 11. The zero-order valence-corrected chi connectivity index (χ0v) is 22.6. The lowest BCUT2D eigenvalue weighted by Gasteiger charge is -2.35. The van der Waals surface area contributed by atoms with Gasteiger partial charge in [0.05, 0.1) is 13.0 Å². The van der Waals surface area contributed by atoms with Crippen molar-refractivity contribution in [3.05, 3.63) is 70.8 Å². The molecule has 2 unspecified atom stereocenters. The van der Waals surface area contributed by atoms with Crippen LogP contribution in [0.25, 0.3) is 0 Å². The number of amides is 4. The summed E-state index contributed by atoms with van der Waals surface area (Å²) in [6.07, 6.45) is -1.44. The number of nitrogens with one attached hydrogen (secondary N) is 2. The van der Waals surface area contributed by atoms with Gasteiger partial charge in [-0.15, -0.1) is 0 Å². The number of aryl methyl sites for hydroxylation is 2. The molecule has 0 saturated heterocycles. The molecule has 10 nitrogen and oxygen atoms in total. The van der Waals surface area contributed by atoms with Crippen LogP contribution in [-0.4, -0.2) is 58.6 Å². The van der Waals surface area contributed by atoms with Crippen molar-refractivity contribution in [1.82, 2.24) is 15.5 Å². The second-order valence-corrected chi connectivity index (χ2v) is 10.0. The van der Waals surface area contributed by atoms with Crippen molar-refractivity contribution >= 4 is 23.8 Å². The average Bonchev–Trinajstić information content (AvgIpc) is 2.82. The number of hydrogen-bond donors (Lipinski definition) is 4. The van der Waals surface area contributed by atoms with E-state index in [1.807, 2.05) is 62.4 Å². The molecule has 2 aromatic rings. The second kappa shape index (κ2) is 13.6. The molecule has 0 heterocycles. The van der Waals surface area contributed by atoms with Crippen molar-refractivity contribution < 1.29 is 29.0 Å². The molecule has 0 fully saturated rings. The third-order valence-electron chi connectivity index (χ3n) is 5.70. The van der Waals surface area contributed by atoms with Crippen molar-refractivity contribution in [2.24, 2.45) is 5.73 Å². The van der Waals surface area contributed by atoms with E-state index in [2.05, 4.69) is 10.6 Å². The summed E-state index contributed by atoms with van der Waals surface area (Å²) >= 11 is 0. The Balaban J connectivity index is 2.50. The van der Waals surface area contributed by atoms with Gasteiger partial charge in [0.1, 0.15) is 17.7 Å². The molecule has 5 N–H and O–H groups in total. The average molecular weight is 527 g/mol. The lowest BCUT2D eigenvalue weighted by molar-refractivity contribution is -0.144. The quantitative estimate of drug-likeness (QED) is 0.353. The maximum Gasteiger partial charge on any atom is 0.408 e. The summed E-state index contributed by atoms with van der Waals surface area (Å²) in [7, 11) is 0. The van der Waals surface area contributed by atoms with E-state index in [4.69, 9.17) is 10.5 Å². The Bertz CT molecular complexity index is 1110. The molecule has 0 aliphatic rings. The summed E-state index contributed by atoms with van der Waals surface area (Å²) < 4.78 is 5.26. The molecule has 38 heavy (non-hydrogen) atoms. The molecule has 10 heteroatoms. The van der Waals surface area contributed by atoms with E-state index >= 15 is 0 Å². The molecule has 0 bridgehead atoms. The van der Waals surface area contributed by atoms with Crippen molar-refractivity contribution in [3.63, 3.8) is 0 Å². The fourth-order valence-electron chi connectivity index (χ4n) is 4.09. The number of aliphatic hydroxyl groups excluding tert-OH is 1. The minimum Gasteiger partial charge on any atom is -0.444 e. The Labute approximate surface area is 223 Å². The summed E-state index contributed by atoms with van der Waals surface area (Å²) in [5.41, 5.74) is 7.48. The number of ether oxygens (including phenoxy) is 1. The summed E-state index contributed by atoms with van der Waals surface area (Å²) in [6, 6.07) is 12.2. The first-order chi connectivity index (χ1) is 17.8. The van der Waals surface area contributed by atoms with E-state index < -0.39 is 54.5 Å². The smallest absolute Gasteiger partial charge is 0.408 e. The molecule has 206 valence electrons. The highest BCUT2D eigenvalue weighted by Gasteiger charge is 2.37. The van der Waals surface area contributed by atoms with Gasteiger partial charge in [-0.1, -0.05) is 48.5 Å². The largest absolute Gasteiger partial charge is 0.444 e. The summed E-state index contributed by atoms with van der Waals surface area (Å²) in [4.78, 5) is 53.0. The normalized spacial score (nSPS) is 12.7. The topological polar surface area (TPSA) is 151 Å². The Morgan fingerprint density at radius 3 is 2.13 bits per heavy atom. The first-order valence-corrected chi connectivity index (χ1v) is 12.4. The zero-order chi connectivity index (χ0) is 28.5. The molecule has 0 radical (unpaired) electrons. The molecule has 0 saturated carbocycles. The van der Waals surface area contributed by atoms with Gasteiger partial charge in [-0.05, 0) is 56.9 Å². The number of aliphatic hydroxyl groups is 1. The van der Waals surface area contributed by atoms with Crippen molar-refractivity contribution in [2.75, 3.05) is 13.2 Å². The molecule has 2 rings (SSSR count). The first-order valence-electron chi connectivity index (χ1n) is 12.4. The van der Waals surface area contributed by atoms with Crippen LogP contribution in [0.4, 0.5) is 4.79 Å². The second-order valence-electron chi connectivity index (χ2n) is 10.0. The van der Waals surface area contributed by atoms with E-state index in [9.17, 15) is 24.3 Å². The van der Waals surface area contributed by atoms with Crippen LogP contribution < -0.4 is 16.4 Å². The number of carbonyl (C=O) groups excluding carboxylic acids is 4. The van der Waals surface area contributed by atoms with Crippen LogP contribution in [0.1, 0.15) is 55.5 Å². The van der Waals surface area contributed by atoms with Gasteiger partial charge in [0.25, 0.3) is 0 Å². The fourth-order valence-corrected chi connectivity index (χ4v) is 4.09. The van der Waals surface area contributed by atoms with Crippen LogP contribution in [0, 0.1) is 13.8 Å². The highest BCUT2D eigenvalue weighted by atomic mass is 16.6. The monoisotopic (exact) mass is 526 g/mol. The number of nitrogens with two attached hydrogens (primary N) is 1. The lowest BCUT2D eigenvalue weighted by atomic mass is 9.93. The highest BCUT2D eigenvalue weighted by molar-refractivity contribution is 5.94. The van der Waals surface area contributed by atoms with Gasteiger partial charge < -0.3 is 31.1 Å². The van der Waals surface area contributed by atoms with Crippen molar-refractivity contribution in [2.45, 2.75) is 65.3 Å². The Morgan fingerprint density at radius 1 is 1.00 bits per heavy atom. The standard InChI is InChI=1S/C28H38N4O6/c1-18-10-9-11-19(2)23(18)24(25(35)30-17-20-12-7-6-8-13-20)32(14-15-33)26(36)21(16-22(29)34)31-27(37)38-28(3,4)5/h6-13,21,24,33H,14-17H2,1-5H3,(H2,29,34)(H,30,35)(H,31,37). The molecule has 2 atom stereocenters. The Kier molecular flexibility index (Phi) is 10.8. The van der Waals surface area contributed by atoms with Crippen molar-refractivity contribution in [3.8, 4) is 0 Å². The number of benzene rings is 2. The van der Waals surface area contributed by atoms with Gasteiger partial charge in [-0.3, -0.25) is 14.4 Å². The number of nitrogens with zero attached hydrogens (tertiary/aromatic N) is 1. The van der Waals surface area contributed by atoms with Crippen LogP contribution in [0.5, 0.6) is 0 Å². The van der Waals surface area contributed by atoms with E-state index in [-0.39, 0.29) is 13.1 Å². The van der Waals surface area contributed by atoms with Gasteiger partial charge in [-0.2, -0.15) is 0 Å². The summed E-state index contributed by atoms with van der Waals surface area (Å²) in [6.45, 7) is 8.12. The summed E-state index contributed by atoms with van der Waals surface area (Å²) in [5, 5.41) is 15.2. The molecular formula is C28H38N4O6. The van der Waals surface area contributed by atoms with E-state index in [1.165, 1.54) is 4.90 Å². The molecule has 0 aliphatic heterocycles. The molecule has 2 aromatic carbocycles. The predicted molar refractivity (Wildman–Crippen MR) is 143 cm³/mol. The van der Waals surface area contributed by atoms with Gasteiger partial charge in [0.2, 0.25) is 17.7 Å². The van der Waals surface area contributed by atoms with Gasteiger partial charge in [0, 0.05) is 13.1 Å². The fraction of sp³-hybridized carbons (Fsp3) is 0.429. The zero-order valence-electron chi connectivity index (χ0n) is 22.6. The number of carbonyl (C=O) groups is 4. The Hall–Kier alpha value is -3.92. The van der Waals surface area contributed by atoms with Gasteiger partial charge >= 0.3 is 6.09 Å². The van der Waals surface area contributed by atoms with E-state index in [1.54, 1.807) is 20.8 Å². The molecular weight excluding hydrogens is 488 g/mol. The van der Waals surface area contributed by atoms with Crippen LogP contribution in [0.2, 0.25) is 0 Å². The van der Waals surface area contributed by atoms with Crippen LogP contribution in [-0.2, 0) is 25.7 Å². The number of alkyl carbamates (subject to hydrolysis) is 1. The molecule has 0 aliphatic carbocycles. The minimum atomic E-state index is -1.41. The highest BCUT2D eigenvalue weighted by Crippen LogP contribution is 2.29. The maximum atomic E-state index is 13.8. The van der Waals surface area contributed by atoms with Gasteiger partial charge in [-0.25, -0.2) is 4.79 Å². The SMILES string of the molecule is Cc1cccc(C)c1C(C(=O)NCc1ccccc1)N(CCO)C(=O)C(CC(N)=O)NC(=O)OC(C)(C)C. The van der Waals surface area contributed by atoms with E-state index in [0.717, 1.165) is 16.7 Å². The number of hydrogen-bond acceptors (Lipinski definition) is 6. The maximum absolute atomic E-state index is 13.8. The lowest BCUT2D eigenvalue weighted by Crippen LogP contribution is -2.54. The third-order valence-corrected chi connectivity index (χ3v) is 5.70. The summed E-state index contributed by atoms with van der Waals surface area (Å²) in [5.74, 6) is -2.07. The predicted octanol–water partition coefficient (Wildman–Crippen LogP) is 2.25. The van der Waals surface area contributed by atoms with E-state index in [0.29, 0.717) is 5.56 Å². The minimum absolute atomic E-state index is 0.211. The van der Waals surface area contributed by atoms with Crippen LogP contribution >= 0.6 is 0 Å². The molecule has 0 aromatic heterocycles. The van der Waals surface area contributed by atoms with Crippen LogP contribution in [0.15, 0.2) is 48.5 Å². The van der Waals surface area contributed by atoms with Gasteiger partial charge in [0.15, 0.2) is 0 Å². The van der Waals surface area contributed by atoms with Crippen LogP contribution in [0.3, 0.4) is 0 Å². The third kappa shape index (κ3) is 8.88. The first kappa shape index (κ1) is 30.3. The molecule has 0 spiro atoms.